The Balaban J connectivity index is 1.53. The molecule has 1 unspecified atom stereocenters. The first-order chi connectivity index (χ1) is 15.1. The summed E-state index contributed by atoms with van der Waals surface area (Å²) < 4.78 is 13.3. The topological polar surface area (TPSA) is 18.5 Å². The molecule has 1 spiro atoms. The Bertz CT molecular complexity index is 1390. The molecule has 0 aliphatic carbocycles. The molecule has 4 aromatic carbocycles. The Morgan fingerprint density at radius 2 is 1.29 bits per heavy atom. The third-order valence-corrected chi connectivity index (χ3v) is 6.25. The fourth-order valence-electron chi connectivity index (χ4n) is 4.81. The van der Waals surface area contributed by atoms with Crippen LogP contribution < -0.4 is 9.47 Å². The van der Waals surface area contributed by atoms with Gasteiger partial charge in [-0.05, 0) is 58.2 Å². The summed E-state index contributed by atoms with van der Waals surface area (Å²) in [4.78, 5) is 0. The van der Waals surface area contributed by atoms with Gasteiger partial charge in [-0.2, -0.15) is 0 Å². The van der Waals surface area contributed by atoms with Crippen molar-refractivity contribution in [1.82, 2.24) is 0 Å². The molecule has 0 fully saturated rings. The van der Waals surface area contributed by atoms with Gasteiger partial charge in [0.2, 0.25) is 0 Å². The van der Waals surface area contributed by atoms with Crippen LogP contribution in [0, 0.1) is 5.92 Å². The molecular weight excluding hydrogens is 380 g/mol. The SMILES string of the molecule is CC(C)CC1=Cc2c(ccc3ccccc23)OC12C=Cc1c(ccc3ccccc13)O2. The molecule has 2 aliphatic heterocycles. The van der Waals surface area contributed by atoms with Crippen molar-refractivity contribution in [2.75, 3.05) is 0 Å². The molecule has 2 nitrogen and oxygen atoms in total. The van der Waals surface area contributed by atoms with E-state index in [1.54, 1.807) is 0 Å². The van der Waals surface area contributed by atoms with Gasteiger partial charge in [0.1, 0.15) is 11.5 Å². The minimum atomic E-state index is -0.908. The monoisotopic (exact) mass is 404 g/mol. The highest BCUT2D eigenvalue weighted by atomic mass is 16.7. The second-order valence-electron chi connectivity index (χ2n) is 8.87. The molecule has 31 heavy (non-hydrogen) atoms. The van der Waals surface area contributed by atoms with Crippen molar-refractivity contribution < 1.29 is 9.47 Å². The Kier molecular flexibility index (Phi) is 3.97. The molecule has 0 aromatic heterocycles. The second kappa shape index (κ2) is 6.75. The zero-order valence-corrected chi connectivity index (χ0v) is 17.8. The van der Waals surface area contributed by atoms with Crippen molar-refractivity contribution in [3.05, 3.63) is 95.6 Å². The number of ether oxygens (including phenoxy) is 2. The minimum Gasteiger partial charge on any atom is -0.444 e. The highest BCUT2D eigenvalue weighted by Gasteiger charge is 2.42. The van der Waals surface area contributed by atoms with Gasteiger partial charge in [-0.15, -0.1) is 0 Å². The lowest BCUT2D eigenvalue weighted by atomic mass is 9.87. The van der Waals surface area contributed by atoms with Crippen LogP contribution >= 0.6 is 0 Å². The minimum absolute atomic E-state index is 0.484. The largest absolute Gasteiger partial charge is 0.444 e. The highest BCUT2D eigenvalue weighted by Crippen LogP contribution is 2.46. The van der Waals surface area contributed by atoms with Gasteiger partial charge in [0.25, 0.3) is 5.79 Å². The van der Waals surface area contributed by atoms with Crippen molar-refractivity contribution in [1.29, 1.82) is 0 Å². The molecule has 2 heteroatoms. The van der Waals surface area contributed by atoms with Gasteiger partial charge in [0.15, 0.2) is 0 Å². The van der Waals surface area contributed by atoms with Crippen LogP contribution in [0.3, 0.4) is 0 Å². The quantitative estimate of drug-likeness (QED) is 0.342. The molecule has 0 bridgehead atoms. The molecule has 6 rings (SSSR count). The lowest BCUT2D eigenvalue weighted by Crippen LogP contribution is -2.45. The first-order valence-electron chi connectivity index (χ1n) is 10.9. The molecule has 0 radical (unpaired) electrons. The van der Waals surface area contributed by atoms with E-state index in [1.807, 2.05) is 0 Å². The van der Waals surface area contributed by atoms with Crippen molar-refractivity contribution >= 4 is 33.7 Å². The van der Waals surface area contributed by atoms with Gasteiger partial charge in [0, 0.05) is 22.8 Å². The number of hydrogen-bond acceptors (Lipinski definition) is 2. The Hall–Kier alpha value is -3.52. The van der Waals surface area contributed by atoms with Crippen molar-refractivity contribution in [3.63, 3.8) is 0 Å². The van der Waals surface area contributed by atoms with Crippen LogP contribution in [-0.2, 0) is 0 Å². The smallest absolute Gasteiger partial charge is 0.294 e. The van der Waals surface area contributed by atoms with Crippen LogP contribution in [0.2, 0.25) is 0 Å². The average molecular weight is 405 g/mol. The number of hydrogen-bond donors (Lipinski definition) is 0. The van der Waals surface area contributed by atoms with E-state index < -0.39 is 5.79 Å². The summed E-state index contributed by atoms with van der Waals surface area (Å²) in [6, 6.07) is 25.3. The van der Waals surface area contributed by atoms with Gasteiger partial charge >= 0.3 is 0 Å². The van der Waals surface area contributed by atoms with E-state index in [0.29, 0.717) is 5.92 Å². The molecule has 0 saturated carbocycles. The zero-order chi connectivity index (χ0) is 21.0. The molecule has 0 amide bonds. The predicted octanol–water partition coefficient (Wildman–Crippen LogP) is 7.62. The average Bonchev–Trinajstić information content (AvgIpc) is 2.79. The Labute approximate surface area is 182 Å². The van der Waals surface area contributed by atoms with Gasteiger partial charge < -0.3 is 9.47 Å². The van der Waals surface area contributed by atoms with Crippen LogP contribution in [0.4, 0.5) is 0 Å². The molecule has 2 aliphatic rings. The molecule has 4 aromatic rings. The summed E-state index contributed by atoms with van der Waals surface area (Å²) in [5, 5.41) is 4.84. The van der Waals surface area contributed by atoms with Crippen LogP contribution in [0.5, 0.6) is 11.5 Å². The fraction of sp³-hybridized carbons (Fsp3) is 0.172. The first kappa shape index (κ1) is 18.3. The molecule has 2 heterocycles. The zero-order valence-electron chi connectivity index (χ0n) is 17.8. The van der Waals surface area contributed by atoms with Gasteiger partial charge in [0.05, 0.1) is 0 Å². The number of fused-ring (bicyclic) bond motifs is 6. The van der Waals surface area contributed by atoms with E-state index in [2.05, 4.69) is 105 Å². The third kappa shape index (κ3) is 2.86. The Morgan fingerprint density at radius 1 is 0.710 bits per heavy atom. The van der Waals surface area contributed by atoms with Crippen LogP contribution in [0.1, 0.15) is 31.4 Å². The van der Waals surface area contributed by atoms with E-state index in [0.717, 1.165) is 34.6 Å². The molecule has 0 N–H and O–H groups in total. The summed E-state index contributed by atoms with van der Waals surface area (Å²) in [5.41, 5.74) is 3.41. The number of benzene rings is 4. The summed E-state index contributed by atoms with van der Waals surface area (Å²) in [5.74, 6) is 1.30. The van der Waals surface area contributed by atoms with Crippen molar-refractivity contribution in [2.45, 2.75) is 26.1 Å². The van der Waals surface area contributed by atoms with Crippen LogP contribution in [0.15, 0.2) is 84.4 Å². The normalized spacial score (nSPS) is 19.1. The summed E-state index contributed by atoms with van der Waals surface area (Å²) in [6.45, 7) is 4.47. The summed E-state index contributed by atoms with van der Waals surface area (Å²) in [7, 11) is 0. The maximum absolute atomic E-state index is 6.67. The molecule has 0 saturated heterocycles. The lowest BCUT2D eigenvalue weighted by molar-refractivity contribution is -0.0444. The van der Waals surface area contributed by atoms with E-state index in [1.165, 1.54) is 21.5 Å². The molecule has 152 valence electrons. The maximum Gasteiger partial charge on any atom is 0.294 e. The summed E-state index contributed by atoms with van der Waals surface area (Å²) >= 11 is 0. The van der Waals surface area contributed by atoms with Crippen LogP contribution in [0.25, 0.3) is 33.7 Å². The van der Waals surface area contributed by atoms with E-state index in [9.17, 15) is 0 Å². The number of rotatable bonds is 2. The van der Waals surface area contributed by atoms with E-state index in [-0.39, 0.29) is 0 Å². The van der Waals surface area contributed by atoms with Gasteiger partial charge in [-0.1, -0.05) is 74.5 Å². The lowest BCUT2D eigenvalue weighted by Gasteiger charge is -2.40. The predicted molar refractivity (Wildman–Crippen MR) is 128 cm³/mol. The molecular formula is C29H24O2. The Morgan fingerprint density at radius 3 is 1.94 bits per heavy atom. The van der Waals surface area contributed by atoms with Crippen molar-refractivity contribution in [3.8, 4) is 11.5 Å². The highest BCUT2D eigenvalue weighted by molar-refractivity contribution is 5.96. The third-order valence-electron chi connectivity index (χ3n) is 6.25. The van der Waals surface area contributed by atoms with Crippen LogP contribution in [-0.4, -0.2) is 5.79 Å². The summed E-state index contributed by atoms with van der Waals surface area (Å²) in [6.07, 6.45) is 7.45. The van der Waals surface area contributed by atoms with Gasteiger partial charge in [-0.25, -0.2) is 0 Å². The van der Waals surface area contributed by atoms with E-state index >= 15 is 0 Å². The van der Waals surface area contributed by atoms with Crippen molar-refractivity contribution in [2.24, 2.45) is 5.92 Å². The maximum atomic E-state index is 6.67. The fourth-order valence-corrected chi connectivity index (χ4v) is 4.81. The first-order valence-corrected chi connectivity index (χ1v) is 10.9. The van der Waals surface area contributed by atoms with Gasteiger partial charge in [-0.3, -0.25) is 0 Å². The molecule has 1 atom stereocenters. The standard InChI is InChI=1S/C29H24O2/c1-19(2)17-22-18-26-24-10-6-4-8-21(24)12-14-28(26)31-29(22)16-15-25-23-9-5-3-7-20(23)11-13-27(25)30-29/h3-16,18-19H,17H2,1-2H3. The second-order valence-corrected chi connectivity index (χ2v) is 8.87. The van der Waals surface area contributed by atoms with E-state index in [4.69, 9.17) is 9.47 Å².